The maximum atomic E-state index is 6.28. The number of ether oxygens (including phenoxy) is 3. The van der Waals surface area contributed by atoms with Crippen molar-refractivity contribution in [2.24, 2.45) is 5.73 Å². The molecular weight excluding hydrogens is 230 g/mol. The van der Waals surface area contributed by atoms with Crippen molar-refractivity contribution in [3.63, 3.8) is 0 Å². The van der Waals surface area contributed by atoms with Gasteiger partial charge in [0, 0.05) is 24.6 Å². The Kier molecular flexibility index (Phi) is 2.92. The fourth-order valence-electron chi connectivity index (χ4n) is 2.89. The molecule has 1 spiro atoms. The monoisotopic (exact) mass is 249 g/mol. The van der Waals surface area contributed by atoms with Gasteiger partial charge in [0.2, 0.25) is 0 Å². The van der Waals surface area contributed by atoms with Crippen molar-refractivity contribution in [2.75, 3.05) is 20.3 Å². The van der Waals surface area contributed by atoms with E-state index in [1.807, 2.05) is 18.2 Å². The largest absolute Gasteiger partial charge is 0.497 e. The number of methoxy groups -OCH3 is 1. The van der Waals surface area contributed by atoms with Crippen molar-refractivity contribution in [2.45, 2.75) is 30.9 Å². The number of rotatable bonds is 1. The molecule has 1 saturated heterocycles. The summed E-state index contributed by atoms with van der Waals surface area (Å²) in [5, 5.41) is 0. The summed E-state index contributed by atoms with van der Waals surface area (Å²) in [6, 6.07) is 5.82. The van der Waals surface area contributed by atoms with Gasteiger partial charge in [-0.2, -0.15) is 0 Å². The summed E-state index contributed by atoms with van der Waals surface area (Å²) in [6.45, 7) is 1.47. The van der Waals surface area contributed by atoms with Crippen molar-refractivity contribution < 1.29 is 14.2 Å². The van der Waals surface area contributed by atoms with Gasteiger partial charge in [-0.05, 0) is 31.0 Å². The van der Waals surface area contributed by atoms with Gasteiger partial charge in [0.25, 0.3) is 0 Å². The third-order valence-electron chi connectivity index (χ3n) is 3.82. The van der Waals surface area contributed by atoms with Crippen LogP contribution in [0.15, 0.2) is 18.2 Å². The average Bonchev–Trinajstić information content (AvgIpc) is 2.39. The number of nitrogens with two attached hydrogens (primary N) is 1. The molecule has 0 amide bonds. The first-order valence-corrected chi connectivity index (χ1v) is 6.43. The van der Waals surface area contributed by atoms with Gasteiger partial charge in [-0.1, -0.05) is 0 Å². The van der Waals surface area contributed by atoms with Gasteiger partial charge < -0.3 is 19.9 Å². The molecular formula is C14H19NO3. The standard InChI is InChI=1S/C14H19NO3/c1-16-10-3-4-13-11(7-10)12(15)8-14(18-13)5-2-6-17-9-14/h3-4,7,12H,2,5-6,8-9,15H2,1H3/t12-,14?/m0/s1. The molecule has 1 fully saturated rings. The second-order valence-corrected chi connectivity index (χ2v) is 5.16. The fourth-order valence-corrected chi connectivity index (χ4v) is 2.89. The molecule has 0 bridgehead atoms. The van der Waals surface area contributed by atoms with Crippen LogP contribution in [0.2, 0.25) is 0 Å². The van der Waals surface area contributed by atoms with E-state index >= 15 is 0 Å². The lowest BCUT2D eigenvalue weighted by atomic mass is 9.84. The highest BCUT2D eigenvalue weighted by molar-refractivity contribution is 5.44. The lowest BCUT2D eigenvalue weighted by molar-refractivity contribution is -0.0833. The van der Waals surface area contributed by atoms with Crippen LogP contribution in [-0.2, 0) is 4.74 Å². The van der Waals surface area contributed by atoms with E-state index < -0.39 is 0 Å². The van der Waals surface area contributed by atoms with Crippen molar-refractivity contribution in [1.29, 1.82) is 0 Å². The minimum Gasteiger partial charge on any atom is -0.497 e. The third kappa shape index (κ3) is 1.95. The molecule has 0 saturated carbocycles. The van der Waals surface area contributed by atoms with E-state index in [0.717, 1.165) is 42.9 Å². The molecule has 0 aliphatic carbocycles. The summed E-state index contributed by atoms with van der Waals surface area (Å²) >= 11 is 0. The summed E-state index contributed by atoms with van der Waals surface area (Å²) < 4.78 is 17.0. The Bertz CT molecular complexity index is 441. The molecule has 0 aromatic heterocycles. The Hall–Kier alpha value is -1.26. The minimum absolute atomic E-state index is 0.00875. The highest BCUT2D eigenvalue weighted by Gasteiger charge is 2.41. The minimum atomic E-state index is -0.223. The van der Waals surface area contributed by atoms with Crippen LogP contribution < -0.4 is 15.2 Å². The van der Waals surface area contributed by atoms with Crippen LogP contribution in [0.3, 0.4) is 0 Å². The Labute approximate surface area is 107 Å². The molecule has 2 atom stereocenters. The van der Waals surface area contributed by atoms with E-state index in [4.69, 9.17) is 19.9 Å². The van der Waals surface area contributed by atoms with Crippen LogP contribution in [0.5, 0.6) is 11.5 Å². The predicted molar refractivity (Wildman–Crippen MR) is 68.0 cm³/mol. The Morgan fingerprint density at radius 1 is 1.44 bits per heavy atom. The number of hydrogen-bond donors (Lipinski definition) is 1. The first kappa shape index (κ1) is 11.8. The second kappa shape index (κ2) is 4.44. The molecule has 1 aromatic carbocycles. The lowest BCUT2D eigenvalue weighted by Gasteiger charge is -2.43. The normalized spacial score (nSPS) is 30.7. The van der Waals surface area contributed by atoms with Crippen molar-refractivity contribution in [3.8, 4) is 11.5 Å². The molecule has 98 valence electrons. The van der Waals surface area contributed by atoms with E-state index in [2.05, 4.69) is 0 Å². The third-order valence-corrected chi connectivity index (χ3v) is 3.82. The van der Waals surface area contributed by atoms with Crippen LogP contribution in [0.4, 0.5) is 0 Å². The Balaban J connectivity index is 1.92. The maximum absolute atomic E-state index is 6.28. The molecule has 4 heteroatoms. The van der Waals surface area contributed by atoms with Crippen LogP contribution in [-0.4, -0.2) is 25.9 Å². The van der Waals surface area contributed by atoms with Crippen LogP contribution >= 0.6 is 0 Å². The zero-order valence-electron chi connectivity index (χ0n) is 10.6. The highest BCUT2D eigenvalue weighted by atomic mass is 16.5. The average molecular weight is 249 g/mol. The molecule has 2 aliphatic heterocycles. The molecule has 2 N–H and O–H groups in total. The van der Waals surface area contributed by atoms with Crippen molar-refractivity contribution >= 4 is 0 Å². The molecule has 2 heterocycles. The highest BCUT2D eigenvalue weighted by Crippen LogP contribution is 2.43. The summed E-state index contributed by atoms with van der Waals surface area (Å²) in [5.41, 5.74) is 7.09. The fraction of sp³-hybridized carbons (Fsp3) is 0.571. The van der Waals surface area contributed by atoms with Gasteiger partial charge in [0.1, 0.15) is 17.1 Å². The van der Waals surface area contributed by atoms with Crippen LogP contribution in [0.1, 0.15) is 30.9 Å². The van der Waals surface area contributed by atoms with Gasteiger partial charge >= 0.3 is 0 Å². The lowest BCUT2D eigenvalue weighted by Crippen LogP contribution is -2.49. The van der Waals surface area contributed by atoms with Crippen LogP contribution in [0.25, 0.3) is 0 Å². The van der Waals surface area contributed by atoms with E-state index in [9.17, 15) is 0 Å². The van der Waals surface area contributed by atoms with Crippen molar-refractivity contribution in [1.82, 2.24) is 0 Å². The molecule has 2 aliphatic rings. The Morgan fingerprint density at radius 3 is 3.06 bits per heavy atom. The Morgan fingerprint density at radius 2 is 2.33 bits per heavy atom. The quantitative estimate of drug-likeness (QED) is 0.827. The molecule has 18 heavy (non-hydrogen) atoms. The first-order valence-electron chi connectivity index (χ1n) is 6.43. The predicted octanol–water partition coefficient (Wildman–Crippen LogP) is 2.03. The molecule has 1 aromatic rings. The van der Waals surface area contributed by atoms with E-state index in [0.29, 0.717) is 6.61 Å². The topological polar surface area (TPSA) is 53.7 Å². The zero-order chi connectivity index (χ0) is 12.6. The molecule has 3 rings (SSSR count). The number of benzene rings is 1. The zero-order valence-corrected chi connectivity index (χ0v) is 10.6. The molecule has 1 unspecified atom stereocenters. The smallest absolute Gasteiger partial charge is 0.134 e. The van der Waals surface area contributed by atoms with Gasteiger partial charge in [0.05, 0.1) is 13.7 Å². The molecule has 4 nitrogen and oxygen atoms in total. The van der Waals surface area contributed by atoms with Gasteiger partial charge in [-0.3, -0.25) is 0 Å². The molecule has 0 radical (unpaired) electrons. The summed E-state index contributed by atoms with van der Waals surface area (Å²) in [5.74, 6) is 1.70. The summed E-state index contributed by atoms with van der Waals surface area (Å²) in [4.78, 5) is 0. The van der Waals surface area contributed by atoms with E-state index in [1.54, 1.807) is 7.11 Å². The summed E-state index contributed by atoms with van der Waals surface area (Å²) in [7, 11) is 1.66. The van der Waals surface area contributed by atoms with Gasteiger partial charge in [-0.25, -0.2) is 0 Å². The van der Waals surface area contributed by atoms with Gasteiger partial charge in [-0.15, -0.1) is 0 Å². The number of fused-ring (bicyclic) bond motifs is 1. The van der Waals surface area contributed by atoms with Gasteiger partial charge in [0.15, 0.2) is 0 Å². The SMILES string of the molecule is COc1ccc2c(c1)[C@@H](N)CC1(CCCOC1)O2. The summed E-state index contributed by atoms with van der Waals surface area (Å²) in [6.07, 6.45) is 2.87. The second-order valence-electron chi connectivity index (χ2n) is 5.16. The maximum Gasteiger partial charge on any atom is 0.134 e. The number of hydrogen-bond acceptors (Lipinski definition) is 4. The first-order chi connectivity index (χ1) is 8.72. The van der Waals surface area contributed by atoms with Crippen LogP contribution in [0, 0.1) is 0 Å². The van der Waals surface area contributed by atoms with Crippen molar-refractivity contribution in [3.05, 3.63) is 23.8 Å². The van der Waals surface area contributed by atoms with E-state index in [-0.39, 0.29) is 11.6 Å². The van der Waals surface area contributed by atoms with E-state index in [1.165, 1.54) is 0 Å².